The third-order valence-electron chi connectivity index (χ3n) is 3.91. The number of nitrogens with one attached hydrogen (secondary N) is 2. The Hall–Kier alpha value is -1.64. The van der Waals surface area contributed by atoms with Crippen molar-refractivity contribution in [2.24, 2.45) is 12.1 Å². The number of thioether (sulfide) groups is 2. The highest BCUT2D eigenvalue weighted by Crippen LogP contribution is 2.37. The van der Waals surface area contributed by atoms with E-state index in [1.807, 2.05) is 31.3 Å². The molecule has 1 aromatic carbocycles. The quantitative estimate of drug-likeness (QED) is 0.764. The fourth-order valence-corrected chi connectivity index (χ4v) is 4.71. The van der Waals surface area contributed by atoms with Crippen LogP contribution in [0.2, 0.25) is 5.02 Å². The number of nitrogens with zero attached hydrogens (tertiary/aromatic N) is 3. The maximum atomic E-state index is 12.2. The highest BCUT2D eigenvalue weighted by atomic mass is 35.5. The standard InChI is InChI=1S/C18H22ClN5OS2/c1-18(2,3)11-5-7-12(8-6-11)20-14(25)10-26-17-22-21-16(27-17)15-13(19)9-24(4)23-15/h5-9,16,21H,10H2,1-4H3,(H,20,25)/t16-/m1/s1. The maximum Gasteiger partial charge on any atom is 0.234 e. The second kappa shape index (κ2) is 8.16. The fraction of sp³-hybridized carbons (Fsp3) is 0.389. The molecule has 1 amide bonds. The number of rotatable bonds is 4. The normalized spacial score (nSPS) is 16.8. The number of amides is 1. The van der Waals surface area contributed by atoms with Gasteiger partial charge in [-0.25, -0.2) is 0 Å². The number of carbonyl (C=O) groups excluding carboxylic acids is 1. The number of hydrogen-bond donors (Lipinski definition) is 2. The van der Waals surface area contributed by atoms with E-state index in [2.05, 4.69) is 41.7 Å². The van der Waals surface area contributed by atoms with Crippen molar-refractivity contribution in [2.75, 3.05) is 11.1 Å². The number of carbonyl (C=O) groups is 1. The molecule has 2 N–H and O–H groups in total. The predicted molar refractivity (Wildman–Crippen MR) is 115 cm³/mol. The molecular weight excluding hydrogens is 402 g/mol. The lowest BCUT2D eigenvalue weighted by Gasteiger charge is -2.19. The van der Waals surface area contributed by atoms with E-state index >= 15 is 0 Å². The highest BCUT2D eigenvalue weighted by molar-refractivity contribution is 8.39. The summed E-state index contributed by atoms with van der Waals surface area (Å²) in [7, 11) is 1.82. The van der Waals surface area contributed by atoms with Crippen LogP contribution < -0.4 is 10.7 Å². The molecule has 144 valence electrons. The van der Waals surface area contributed by atoms with Crippen molar-refractivity contribution in [3.05, 3.63) is 46.7 Å². The summed E-state index contributed by atoms with van der Waals surface area (Å²) < 4.78 is 2.46. The molecule has 1 atom stereocenters. The van der Waals surface area contributed by atoms with Crippen LogP contribution in [0, 0.1) is 0 Å². The highest BCUT2D eigenvalue weighted by Gasteiger charge is 2.26. The van der Waals surface area contributed by atoms with Crippen molar-refractivity contribution < 1.29 is 4.79 Å². The van der Waals surface area contributed by atoms with Crippen LogP contribution in [0.15, 0.2) is 35.6 Å². The molecule has 9 heteroatoms. The molecule has 0 unspecified atom stereocenters. The number of benzene rings is 1. The first kappa shape index (κ1) is 20.1. The summed E-state index contributed by atoms with van der Waals surface area (Å²) in [5.41, 5.74) is 5.88. The second-order valence-corrected chi connectivity index (χ2v) is 9.93. The third-order valence-corrected chi connectivity index (χ3v) is 6.45. The minimum absolute atomic E-state index is 0.0638. The summed E-state index contributed by atoms with van der Waals surface area (Å²) in [6, 6.07) is 7.97. The van der Waals surface area contributed by atoms with E-state index in [0.29, 0.717) is 5.02 Å². The molecule has 1 aliphatic heterocycles. The molecule has 1 aromatic heterocycles. The average Bonchev–Trinajstić information content (AvgIpc) is 3.18. The Balaban J connectivity index is 1.48. The molecule has 0 fully saturated rings. The third kappa shape index (κ3) is 5.21. The molecule has 1 aliphatic rings. The number of hydrazone groups is 1. The Morgan fingerprint density at radius 1 is 1.37 bits per heavy atom. The molecule has 0 aliphatic carbocycles. The molecule has 0 saturated carbocycles. The van der Waals surface area contributed by atoms with Crippen LogP contribution in [0.4, 0.5) is 5.69 Å². The Bertz CT molecular complexity index is 858. The molecule has 6 nitrogen and oxygen atoms in total. The van der Waals surface area contributed by atoms with Gasteiger partial charge in [0.1, 0.15) is 11.1 Å². The van der Waals surface area contributed by atoms with Gasteiger partial charge >= 0.3 is 0 Å². The lowest BCUT2D eigenvalue weighted by molar-refractivity contribution is -0.113. The van der Waals surface area contributed by atoms with Crippen molar-refractivity contribution in [2.45, 2.75) is 31.6 Å². The van der Waals surface area contributed by atoms with Gasteiger partial charge < -0.3 is 5.32 Å². The van der Waals surface area contributed by atoms with E-state index in [9.17, 15) is 4.79 Å². The summed E-state index contributed by atoms with van der Waals surface area (Å²) in [5.74, 6) is 0.225. The van der Waals surface area contributed by atoms with Gasteiger partial charge in [0.15, 0.2) is 4.38 Å². The minimum atomic E-state index is -0.130. The van der Waals surface area contributed by atoms with Crippen molar-refractivity contribution >= 4 is 51.1 Å². The van der Waals surface area contributed by atoms with Gasteiger partial charge in [0.25, 0.3) is 0 Å². The maximum absolute atomic E-state index is 12.2. The number of aromatic nitrogens is 2. The van der Waals surface area contributed by atoms with Crippen LogP contribution in [0.1, 0.15) is 37.4 Å². The molecule has 2 aromatic rings. The lowest BCUT2D eigenvalue weighted by atomic mass is 9.87. The Morgan fingerprint density at radius 2 is 2.07 bits per heavy atom. The molecule has 0 radical (unpaired) electrons. The summed E-state index contributed by atoms with van der Waals surface area (Å²) >= 11 is 9.07. The Kier molecular flexibility index (Phi) is 6.08. The van der Waals surface area contributed by atoms with Gasteiger partial charge in [0.05, 0.1) is 10.8 Å². The van der Waals surface area contributed by atoms with E-state index in [1.165, 1.54) is 29.1 Å². The van der Waals surface area contributed by atoms with E-state index in [-0.39, 0.29) is 22.4 Å². The van der Waals surface area contributed by atoms with Gasteiger partial charge in [-0.3, -0.25) is 14.9 Å². The van der Waals surface area contributed by atoms with Gasteiger partial charge in [-0.15, -0.1) is 0 Å². The molecule has 3 rings (SSSR count). The van der Waals surface area contributed by atoms with Gasteiger partial charge in [0.2, 0.25) is 5.91 Å². The summed E-state index contributed by atoms with van der Waals surface area (Å²) in [6.07, 6.45) is 1.75. The molecule has 0 saturated heterocycles. The first-order valence-electron chi connectivity index (χ1n) is 8.44. The van der Waals surface area contributed by atoms with E-state index in [0.717, 1.165) is 15.8 Å². The summed E-state index contributed by atoms with van der Waals surface area (Å²) in [6.45, 7) is 6.49. The second-order valence-electron chi connectivity index (χ2n) is 7.20. The van der Waals surface area contributed by atoms with Crippen molar-refractivity contribution in [3.8, 4) is 0 Å². The Morgan fingerprint density at radius 3 is 2.67 bits per heavy atom. The first-order chi connectivity index (χ1) is 12.7. The van der Waals surface area contributed by atoms with E-state index in [4.69, 9.17) is 11.6 Å². The number of anilines is 1. The van der Waals surface area contributed by atoms with Crippen LogP contribution in [0.25, 0.3) is 0 Å². The molecule has 27 heavy (non-hydrogen) atoms. The van der Waals surface area contributed by atoms with Crippen LogP contribution >= 0.6 is 35.1 Å². The number of halogens is 1. The average molecular weight is 424 g/mol. The lowest BCUT2D eigenvalue weighted by Crippen LogP contribution is -2.15. The minimum Gasteiger partial charge on any atom is -0.325 e. The van der Waals surface area contributed by atoms with Gasteiger partial charge in [-0.05, 0) is 23.1 Å². The van der Waals surface area contributed by atoms with Crippen LogP contribution in [0.5, 0.6) is 0 Å². The largest absolute Gasteiger partial charge is 0.325 e. The zero-order valence-corrected chi connectivity index (χ0v) is 18.0. The SMILES string of the molecule is Cn1cc(Cl)c([C@@H]2NN=C(SCC(=O)Nc3ccc(C(C)(C)C)cc3)S2)n1. The predicted octanol–water partition coefficient (Wildman–Crippen LogP) is 4.35. The topological polar surface area (TPSA) is 71.3 Å². The number of aryl methyl sites for hydroxylation is 1. The molecule has 0 spiro atoms. The van der Waals surface area contributed by atoms with Crippen molar-refractivity contribution in [3.63, 3.8) is 0 Å². The van der Waals surface area contributed by atoms with Crippen LogP contribution in [0.3, 0.4) is 0 Å². The first-order valence-corrected chi connectivity index (χ1v) is 10.7. The van der Waals surface area contributed by atoms with Crippen LogP contribution in [-0.2, 0) is 17.3 Å². The monoisotopic (exact) mass is 423 g/mol. The summed E-state index contributed by atoms with van der Waals surface area (Å²) in [4.78, 5) is 12.2. The molecular formula is C18H22ClN5OS2. The smallest absolute Gasteiger partial charge is 0.234 e. The zero-order chi connectivity index (χ0) is 19.6. The molecule has 0 bridgehead atoms. The molecule has 2 heterocycles. The van der Waals surface area contributed by atoms with Gasteiger partial charge in [-0.1, -0.05) is 68.0 Å². The van der Waals surface area contributed by atoms with Crippen LogP contribution in [-0.4, -0.2) is 25.8 Å². The summed E-state index contributed by atoms with van der Waals surface area (Å²) in [5, 5.41) is 12.0. The van der Waals surface area contributed by atoms with Gasteiger partial charge in [0, 0.05) is 18.9 Å². The fourth-order valence-electron chi connectivity index (χ4n) is 2.48. The van der Waals surface area contributed by atoms with E-state index in [1.54, 1.807) is 10.9 Å². The van der Waals surface area contributed by atoms with Gasteiger partial charge in [-0.2, -0.15) is 10.2 Å². The number of hydrogen-bond acceptors (Lipinski definition) is 6. The Labute approximate surface area is 172 Å². The van der Waals surface area contributed by atoms with Crippen molar-refractivity contribution in [1.29, 1.82) is 0 Å². The van der Waals surface area contributed by atoms with E-state index < -0.39 is 0 Å². The zero-order valence-electron chi connectivity index (χ0n) is 15.6. The van der Waals surface area contributed by atoms with Crippen molar-refractivity contribution in [1.82, 2.24) is 15.2 Å².